The summed E-state index contributed by atoms with van der Waals surface area (Å²) >= 11 is 1.32. The van der Waals surface area contributed by atoms with Crippen LogP contribution >= 0.6 is 11.8 Å². The summed E-state index contributed by atoms with van der Waals surface area (Å²) in [5.41, 5.74) is 4.87. The number of likely N-dealkylation sites (N-methyl/N-ethyl adjacent to an activating group) is 1. The van der Waals surface area contributed by atoms with E-state index in [0.29, 0.717) is 27.2 Å². The molecular weight excluding hydrogens is 520 g/mol. The summed E-state index contributed by atoms with van der Waals surface area (Å²) in [4.78, 5) is 30.4. The zero-order valence-corrected chi connectivity index (χ0v) is 23.7. The molecule has 0 spiro atoms. The van der Waals surface area contributed by atoms with Crippen molar-refractivity contribution in [2.45, 2.75) is 57.5 Å². The first-order valence-corrected chi connectivity index (χ1v) is 14.6. The van der Waals surface area contributed by atoms with Crippen LogP contribution in [0.3, 0.4) is 0 Å². The molecule has 1 atom stereocenters. The summed E-state index contributed by atoms with van der Waals surface area (Å²) in [5, 5.41) is 9.51. The highest BCUT2D eigenvalue weighted by Crippen LogP contribution is 2.35. The molecule has 1 heterocycles. The second-order valence-corrected chi connectivity index (χ2v) is 11.4. The Hall–Kier alpha value is -3.84. The number of ether oxygens (including phenoxy) is 1. The number of carbonyl (C=O) groups is 2. The predicted octanol–water partition coefficient (Wildman–Crippen LogP) is 7.74. The minimum atomic E-state index is -0.876. The lowest BCUT2D eigenvalue weighted by Crippen LogP contribution is -2.23. The van der Waals surface area contributed by atoms with E-state index < -0.39 is 5.97 Å². The number of rotatable bonds is 8. The summed E-state index contributed by atoms with van der Waals surface area (Å²) in [7, 11) is 1.70. The fourth-order valence-electron chi connectivity index (χ4n) is 5.17. The molecule has 0 radical (unpaired) electrons. The number of amidine groups is 1. The first-order valence-electron chi connectivity index (χ1n) is 13.8. The van der Waals surface area contributed by atoms with E-state index in [1.54, 1.807) is 31.3 Å². The third-order valence-electron chi connectivity index (χ3n) is 7.49. The van der Waals surface area contributed by atoms with Gasteiger partial charge in [-0.1, -0.05) is 67.8 Å². The number of carbonyl (C=O) groups excluding carboxylic acids is 1. The molecule has 1 saturated heterocycles. The lowest BCUT2D eigenvalue weighted by atomic mass is 9.84. The Morgan fingerprint density at radius 2 is 1.70 bits per heavy atom. The Morgan fingerprint density at radius 3 is 2.35 bits per heavy atom. The highest BCUT2D eigenvalue weighted by molar-refractivity contribution is 8.18. The predicted molar refractivity (Wildman–Crippen MR) is 161 cm³/mol. The van der Waals surface area contributed by atoms with Crippen LogP contribution in [0.15, 0.2) is 82.7 Å². The second-order valence-electron chi connectivity index (χ2n) is 10.4. The van der Waals surface area contributed by atoms with Gasteiger partial charge in [0.05, 0.1) is 17.0 Å². The Morgan fingerprint density at radius 1 is 1.02 bits per heavy atom. The largest absolute Gasteiger partial charge is 0.486 e. The third kappa shape index (κ3) is 6.83. The van der Waals surface area contributed by atoms with Crippen molar-refractivity contribution in [1.29, 1.82) is 0 Å². The number of thioether (sulfide) groups is 1. The molecule has 1 aliphatic carbocycles. The average molecular weight is 555 g/mol. The second kappa shape index (κ2) is 12.6. The number of carboxylic acids is 1. The molecule has 40 heavy (non-hydrogen) atoms. The van der Waals surface area contributed by atoms with E-state index in [9.17, 15) is 9.59 Å². The van der Waals surface area contributed by atoms with Crippen molar-refractivity contribution in [2.24, 2.45) is 4.99 Å². The molecule has 2 fully saturated rings. The summed E-state index contributed by atoms with van der Waals surface area (Å²) in [5.74, 6) is 0.489. The van der Waals surface area contributed by atoms with Crippen LogP contribution in [-0.4, -0.2) is 34.1 Å². The number of aliphatic imine (C=N–C) groups is 1. The summed E-state index contributed by atoms with van der Waals surface area (Å²) in [6.07, 6.45) is 8.39. The highest BCUT2D eigenvalue weighted by Gasteiger charge is 2.30. The van der Waals surface area contributed by atoms with Crippen LogP contribution in [-0.2, 0) is 16.0 Å². The Kier molecular flexibility index (Phi) is 8.70. The molecule has 0 bridgehead atoms. The molecule has 1 N–H and O–H groups in total. The first-order chi connectivity index (χ1) is 19.4. The van der Waals surface area contributed by atoms with Gasteiger partial charge in [0.1, 0.15) is 11.9 Å². The topological polar surface area (TPSA) is 79.2 Å². The number of benzene rings is 3. The van der Waals surface area contributed by atoms with Gasteiger partial charge in [-0.05, 0) is 90.0 Å². The van der Waals surface area contributed by atoms with Crippen LogP contribution in [0, 0.1) is 0 Å². The van der Waals surface area contributed by atoms with Crippen LogP contribution in [0.1, 0.15) is 73.3 Å². The minimum absolute atomic E-state index is 0.0346. The average Bonchev–Trinajstić information content (AvgIpc) is 3.23. The Bertz CT molecular complexity index is 1410. The normalized spacial score (nSPS) is 18.9. The van der Waals surface area contributed by atoms with Gasteiger partial charge in [0.25, 0.3) is 5.91 Å². The van der Waals surface area contributed by atoms with E-state index in [4.69, 9.17) is 9.84 Å². The third-order valence-corrected chi connectivity index (χ3v) is 8.55. The molecule has 206 valence electrons. The van der Waals surface area contributed by atoms with Gasteiger partial charge in [0, 0.05) is 7.05 Å². The van der Waals surface area contributed by atoms with Crippen molar-refractivity contribution in [2.75, 3.05) is 7.05 Å². The van der Waals surface area contributed by atoms with Crippen molar-refractivity contribution in [3.05, 3.63) is 100.0 Å². The maximum absolute atomic E-state index is 12.8. The molecule has 1 saturated carbocycles. The number of nitrogens with zero attached hydrogens (tertiary/aromatic N) is 2. The zero-order valence-electron chi connectivity index (χ0n) is 22.9. The molecule has 1 amide bonds. The van der Waals surface area contributed by atoms with E-state index >= 15 is 0 Å². The van der Waals surface area contributed by atoms with Crippen LogP contribution in [0.4, 0.5) is 5.69 Å². The molecule has 5 rings (SSSR count). The number of aliphatic carboxylic acids is 1. The number of carboxylic acid groups (broad SMARTS) is 1. The number of hydrogen-bond donors (Lipinski definition) is 1. The molecule has 6 nitrogen and oxygen atoms in total. The molecule has 1 unspecified atom stereocenters. The lowest BCUT2D eigenvalue weighted by Gasteiger charge is -2.22. The smallest absolute Gasteiger partial charge is 0.307 e. The lowest BCUT2D eigenvalue weighted by molar-refractivity contribution is -0.136. The molecule has 3 aromatic carbocycles. The van der Waals surface area contributed by atoms with Gasteiger partial charge in [-0.15, -0.1) is 0 Å². The molecule has 2 aliphatic rings. The first kappa shape index (κ1) is 27.7. The molecular formula is C33H34N2O4S. The molecule has 0 aromatic heterocycles. The van der Waals surface area contributed by atoms with Gasteiger partial charge in [-0.2, -0.15) is 0 Å². The maximum atomic E-state index is 12.8. The van der Waals surface area contributed by atoms with E-state index in [2.05, 4.69) is 36.2 Å². The molecule has 7 heteroatoms. The van der Waals surface area contributed by atoms with Crippen molar-refractivity contribution < 1.29 is 19.4 Å². The summed E-state index contributed by atoms with van der Waals surface area (Å²) in [6, 6.07) is 23.7. The Balaban J connectivity index is 1.21. The van der Waals surface area contributed by atoms with Gasteiger partial charge in [0.2, 0.25) is 0 Å². The number of amides is 1. The Labute approximate surface area is 239 Å². The van der Waals surface area contributed by atoms with Crippen molar-refractivity contribution in [3.8, 4) is 5.75 Å². The van der Waals surface area contributed by atoms with Crippen LogP contribution in [0.2, 0.25) is 0 Å². The van der Waals surface area contributed by atoms with Gasteiger partial charge in [-0.3, -0.25) is 14.5 Å². The quantitative estimate of drug-likeness (QED) is 0.288. The monoisotopic (exact) mass is 554 g/mol. The van der Waals surface area contributed by atoms with E-state index in [1.165, 1.54) is 54.3 Å². The zero-order chi connectivity index (χ0) is 28.1. The molecule has 3 aromatic rings. The maximum Gasteiger partial charge on any atom is 0.307 e. The number of hydrogen-bond acceptors (Lipinski definition) is 5. The fourth-order valence-corrected chi connectivity index (χ4v) is 6.15. The van der Waals surface area contributed by atoms with Crippen molar-refractivity contribution in [3.63, 3.8) is 0 Å². The van der Waals surface area contributed by atoms with E-state index in [1.807, 2.05) is 30.3 Å². The van der Waals surface area contributed by atoms with Gasteiger partial charge in [0.15, 0.2) is 5.17 Å². The summed E-state index contributed by atoms with van der Waals surface area (Å²) < 4.78 is 6.21. The summed E-state index contributed by atoms with van der Waals surface area (Å²) in [6.45, 7) is 2.07. The highest BCUT2D eigenvalue weighted by atomic mass is 32.2. The van der Waals surface area contributed by atoms with Crippen molar-refractivity contribution >= 4 is 40.6 Å². The van der Waals surface area contributed by atoms with Crippen LogP contribution in [0.25, 0.3) is 6.08 Å². The standard InChI is InChI=1S/C33H34N2O4S/c1-22(25-12-14-27(15-13-25)26-6-4-3-5-7-26)39-29-18-10-23(11-19-29)20-30-32(38)35(2)33(40-30)34-28-16-8-24(9-17-28)21-31(36)37/h8-20,22,26H,3-7,21H2,1-2H3,(H,36,37)/b30-20+,34-33?. The van der Waals surface area contributed by atoms with Gasteiger partial charge < -0.3 is 9.84 Å². The van der Waals surface area contributed by atoms with E-state index in [0.717, 1.165) is 16.9 Å². The van der Waals surface area contributed by atoms with Crippen molar-refractivity contribution in [1.82, 2.24) is 4.90 Å². The fraction of sp³-hybridized carbons (Fsp3) is 0.303. The molecule has 1 aliphatic heterocycles. The van der Waals surface area contributed by atoms with Crippen LogP contribution in [0.5, 0.6) is 5.75 Å². The SMILES string of the molecule is CC(Oc1ccc(/C=C2/SC(=Nc3ccc(CC(=O)O)cc3)N(C)C2=O)cc1)c1ccc(C2CCCCC2)cc1. The van der Waals surface area contributed by atoms with Gasteiger partial charge >= 0.3 is 5.97 Å². The van der Waals surface area contributed by atoms with Crippen LogP contribution < -0.4 is 4.74 Å². The minimum Gasteiger partial charge on any atom is -0.486 e. The van der Waals surface area contributed by atoms with Gasteiger partial charge in [-0.25, -0.2) is 4.99 Å². The van der Waals surface area contributed by atoms with E-state index in [-0.39, 0.29) is 18.4 Å².